The Morgan fingerprint density at radius 2 is 1.67 bits per heavy atom. The number of likely N-dealkylation sites (tertiary alicyclic amines) is 1. The monoisotopic (exact) mass is 715 g/mol. The first-order valence-electron chi connectivity index (χ1n) is 17.5. The maximum absolute atomic E-state index is 14.7. The second kappa shape index (κ2) is 14.2. The maximum Gasteiger partial charge on any atom is 0.289 e. The van der Waals surface area contributed by atoms with Gasteiger partial charge in [-0.3, -0.25) is 19.2 Å². The number of ketones is 1. The number of nitrogens with one attached hydrogen (secondary N) is 3. The summed E-state index contributed by atoms with van der Waals surface area (Å²) in [6.07, 6.45) is 2.69. The van der Waals surface area contributed by atoms with Gasteiger partial charge in [0.15, 0.2) is 5.60 Å². The van der Waals surface area contributed by atoms with Gasteiger partial charge in [-0.05, 0) is 41.7 Å². The molecule has 4 atom stereocenters. The molecular weight excluding hydrogens is 671 g/mol. The van der Waals surface area contributed by atoms with Crippen molar-refractivity contribution in [3.8, 4) is 0 Å². The second-order valence-corrected chi connectivity index (χ2v) is 16.6. The Hall–Kier alpha value is -4.62. The number of fused-ring (bicyclic) bond motifs is 1. The number of rotatable bonds is 12. The maximum atomic E-state index is 14.7. The van der Waals surface area contributed by atoms with Gasteiger partial charge in [-0.25, -0.2) is 8.42 Å². The van der Waals surface area contributed by atoms with E-state index >= 15 is 0 Å². The zero-order valence-corrected chi connectivity index (χ0v) is 30.2. The van der Waals surface area contributed by atoms with Crippen LogP contribution in [0.15, 0.2) is 82.8 Å². The van der Waals surface area contributed by atoms with Crippen LogP contribution < -0.4 is 15.4 Å². The molecule has 1 saturated carbocycles. The molecule has 2 fully saturated rings. The number of hydrogen-bond donors (Lipinski definition) is 3. The molecule has 13 heteroatoms. The Morgan fingerprint density at radius 3 is 2.35 bits per heavy atom. The van der Waals surface area contributed by atoms with Crippen molar-refractivity contribution in [2.75, 3.05) is 6.54 Å². The van der Waals surface area contributed by atoms with Gasteiger partial charge < -0.3 is 20.4 Å². The van der Waals surface area contributed by atoms with E-state index in [4.69, 9.17) is 4.84 Å². The van der Waals surface area contributed by atoms with E-state index in [9.17, 15) is 27.6 Å². The fourth-order valence-corrected chi connectivity index (χ4v) is 8.42. The summed E-state index contributed by atoms with van der Waals surface area (Å²) in [4.78, 5) is 62.3. The Balaban J connectivity index is 1.31. The van der Waals surface area contributed by atoms with Crippen molar-refractivity contribution >= 4 is 50.0 Å². The first-order chi connectivity index (χ1) is 24.2. The van der Waals surface area contributed by atoms with Crippen LogP contribution in [0.3, 0.4) is 0 Å². The number of oxime groups is 1. The van der Waals surface area contributed by atoms with Crippen LogP contribution in [-0.4, -0.2) is 78.8 Å². The minimum Gasteiger partial charge on any atom is -0.387 e. The van der Waals surface area contributed by atoms with E-state index in [2.05, 4.69) is 20.5 Å². The molecular formula is C38H45N5O7S. The average molecular weight is 716 g/mol. The molecule has 12 nitrogen and oxygen atoms in total. The van der Waals surface area contributed by atoms with Gasteiger partial charge in [-0.2, -0.15) is 4.72 Å². The lowest BCUT2D eigenvalue weighted by Crippen LogP contribution is -2.59. The molecule has 51 heavy (non-hydrogen) atoms. The number of hydrogen-bond acceptors (Lipinski definition) is 8. The highest BCUT2D eigenvalue weighted by molar-refractivity contribution is 7.89. The molecule has 2 heterocycles. The van der Waals surface area contributed by atoms with E-state index in [1.807, 2.05) is 55.5 Å². The highest BCUT2D eigenvalue weighted by Gasteiger charge is 2.56. The topological polar surface area (TPSA) is 163 Å². The average Bonchev–Trinajstić information content (AvgIpc) is 3.70. The predicted molar refractivity (Wildman–Crippen MR) is 192 cm³/mol. The van der Waals surface area contributed by atoms with E-state index < -0.39 is 62.7 Å². The van der Waals surface area contributed by atoms with Crippen molar-refractivity contribution in [3.05, 3.63) is 78.4 Å². The number of sulfonamides is 1. The molecule has 2 aliphatic heterocycles. The molecule has 3 aromatic rings. The number of amides is 3. The standard InChI is InChI=1S/C38H45N5O7S/c1-5-12-28(32(44)35(46)39-26-19-20-26)40-34(45)30-22-38(21-29(41-50-38)25-14-7-6-8-15-25)23-43(30)36(47)33(37(2,3)4)42-51(48,49)31-18-11-16-24-13-9-10-17-27(24)31/h6-11,13-18,26,28,30,33,42H,5,12,19-23H2,1-4H3,(H,39,46)(H,40,45)/t28-,30-,33+,38+/m0/s1. The normalized spacial score (nSPS) is 21.5. The molecule has 6 rings (SSSR count). The number of carbonyl (C=O) groups is 4. The van der Waals surface area contributed by atoms with Gasteiger partial charge in [0, 0.05) is 24.3 Å². The molecule has 1 spiro atoms. The summed E-state index contributed by atoms with van der Waals surface area (Å²) < 4.78 is 30.8. The highest BCUT2D eigenvalue weighted by atomic mass is 32.2. The molecule has 0 bridgehead atoms. The van der Waals surface area contributed by atoms with Crippen LogP contribution in [0.4, 0.5) is 0 Å². The van der Waals surface area contributed by atoms with Crippen molar-refractivity contribution in [2.24, 2.45) is 10.6 Å². The van der Waals surface area contributed by atoms with Gasteiger partial charge in [0.2, 0.25) is 27.6 Å². The Bertz CT molecular complexity index is 1970. The largest absolute Gasteiger partial charge is 0.387 e. The minimum absolute atomic E-state index is 0.0280. The summed E-state index contributed by atoms with van der Waals surface area (Å²) in [6.45, 7) is 7.04. The summed E-state index contributed by atoms with van der Waals surface area (Å²) in [7, 11) is -4.25. The second-order valence-electron chi connectivity index (χ2n) is 14.9. The predicted octanol–water partition coefficient (Wildman–Crippen LogP) is 3.83. The number of Topliss-reactive ketones (excluding diaryl/α,β-unsaturated/α-hetero) is 1. The van der Waals surface area contributed by atoms with Gasteiger partial charge in [0.05, 0.1) is 23.2 Å². The molecule has 0 radical (unpaired) electrons. The van der Waals surface area contributed by atoms with Crippen molar-refractivity contribution < 1.29 is 32.4 Å². The first kappa shape index (κ1) is 36.2. The molecule has 0 unspecified atom stereocenters. The van der Waals surface area contributed by atoms with E-state index in [0.717, 1.165) is 23.8 Å². The third-order valence-electron chi connectivity index (χ3n) is 9.70. The molecule has 3 amide bonds. The molecule has 1 aliphatic carbocycles. The summed E-state index contributed by atoms with van der Waals surface area (Å²) in [5.74, 6) is -2.75. The summed E-state index contributed by atoms with van der Waals surface area (Å²) in [5, 5.41) is 11.1. The van der Waals surface area contributed by atoms with Gasteiger partial charge in [0.25, 0.3) is 5.91 Å². The van der Waals surface area contributed by atoms with Crippen molar-refractivity contribution in [2.45, 2.75) is 101 Å². The first-order valence-corrected chi connectivity index (χ1v) is 19.0. The molecule has 3 aromatic carbocycles. The zero-order chi connectivity index (χ0) is 36.6. The quantitative estimate of drug-likeness (QED) is 0.240. The summed E-state index contributed by atoms with van der Waals surface area (Å²) in [6, 6.07) is 17.9. The van der Waals surface area contributed by atoms with E-state index in [1.54, 1.807) is 39.0 Å². The fraction of sp³-hybridized carbons (Fsp3) is 0.447. The van der Waals surface area contributed by atoms with Crippen LogP contribution in [0.1, 0.15) is 71.8 Å². The van der Waals surface area contributed by atoms with Crippen LogP contribution in [0.2, 0.25) is 0 Å². The number of nitrogens with zero attached hydrogens (tertiary/aromatic N) is 2. The van der Waals surface area contributed by atoms with Gasteiger partial charge in [0.1, 0.15) is 12.1 Å². The summed E-state index contributed by atoms with van der Waals surface area (Å²) >= 11 is 0. The van der Waals surface area contributed by atoms with Crippen LogP contribution in [0, 0.1) is 5.41 Å². The third-order valence-corrected chi connectivity index (χ3v) is 11.2. The molecule has 3 N–H and O–H groups in total. The van der Waals surface area contributed by atoms with Crippen LogP contribution in [0.5, 0.6) is 0 Å². The minimum atomic E-state index is -4.25. The van der Waals surface area contributed by atoms with Crippen LogP contribution >= 0.6 is 0 Å². The van der Waals surface area contributed by atoms with Crippen molar-refractivity contribution in [3.63, 3.8) is 0 Å². The van der Waals surface area contributed by atoms with E-state index in [1.165, 1.54) is 11.0 Å². The van der Waals surface area contributed by atoms with Gasteiger partial charge >= 0.3 is 0 Å². The molecule has 1 saturated heterocycles. The van der Waals surface area contributed by atoms with Gasteiger partial charge in [-0.15, -0.1) is 0 Å². The van der Waals surface area contributed by atoms with Crippen molar-refractivity contribution in [1.82, 2.24) is 20.3 Å². The lowest BCUT2D eigenvalue weighted by Gasteiger charge is -2.35. The lowest BCUT2D eigenvalue weighted by molar-refractivity contribution is -0.144. The molecule has 270 valence electrons. The lowest BCUT2D eigenvalue weighted by atomic mass is 9.86. The van der Waals surface area contributed by atoms with Crippen LogP contribution in [-0.2, 0) is 34.0 Å². The zero-order valence-electron chi connectivity index (χ0n) is 29.3. The Labute approximate surface area is 298 Å². The summed E-state index contributed by atoms with van der Waals surface area (Å²) in [5.41, 5.74) is -0.516. The van der Waals surface area contributed by atoms with E-state index in [0.29, 0.717) is 23.9 Å². The SMILES string of the molecule is CCC[C@H](NC(=O)[C@@H]1C[C@]2(CC(c3ccccc3)=NO2)CN1C(=O)[C@@H](NS(=O)(=O)c1cccc2ccccc12)C(C)(C)C)C(=O)C(=O)NC1CC1. The van der Waals surface area contributed by atoms with E-state index in [-0.39, 0.29) is 30.3 Å². The van der Waals surface area contributed by atoms with Crippen molar-refractivity contribution in [1.29, 1.82) is 0 Å². The highest BCUT2D eigenvalue weighted by Crippen LogP contribution is 2.40. The van der Waals surface area contributed by atoms with Gasteiger partial charge in [-0.1, -0.05) is 106 Å². The van der Waals surface area contributed by atoms with Crippen LogP contribution in [0.25, 0.3) is 10.8 Å². The number of benzene rings is 3. The Morgan fingerprint density at radius 1 is 0.980 bits per heavy atom. The Kier molecular flexibility index (Phi) is 10.1. The molecule has 3 aliphatic rings. The number of carbonyl (C=O) groups excluding carboxylic acids is 4. The third kappa shape index (κ3) is 7.84. The smallest absolute Gasteiger partial charge is 0.289 e. The molecule has 0 aromatic heterocycles. The fourth-order valence-electron chi connectivity index (χ4n) is 6.79.